The van der Waals surface area contributed by atoms with Gasteiger partial charge in [-0.25, -0.2) is 0 Å². The van der Waals surface area contributed by atoms with E-state index in [-0.39, 0.29) is 34.9 Å². The highest BCUT2D eigenvalue weighted by Gasteiger charge is 2.17. The summed E-state index contributed by atoms with van der Waals surface area (Å²) in [6.07, 6.45) is 0.982. The molecule has 0 aliphatic heterocycles. The van der Waals surface area contributed by atoms with Gasteiger partial charge in [-0.15, -0.1) is 24.0 Å². The highest BCUT2D eigenvalue weighted by molar-refractivity contribution is 14.0. The fourth-order valence-electron chi connectivity index (χ4n) is 1.18. The number of hydrogen-bond donors (Lipinski definition) is 2. The van der Waals surface area contributed by atoms with Crippen molar-refractivity contribution in [1.29, 1.82) is 0 Å². The van der Waals surface area contributed by atoms with Crippen molar-refractivity contribution in [3.8, 4) is 0 Å². The molecule has 0 spiro atoms. The minimum absolute atomic E-state index is 0. The zero-order valence-electron chi connectivity index (χ0n) is 12.0. The Hall–Kier alpha value is -0.0400. The molecule has 0 heterocycles. The second-order valence-electron chi connectivity index (χ2n) is 5.98. The van der Waals surface area contributed by atoms with Crippen LogP contribution in [0.25, 0.3) is 0 Å². The zero-order chi connectivity index (χ0) is 12.8. The second-order valence-corrected chi connectivity index (χ2v) is 5.98. The van der Waals surface area contributed by atoms with Crippen LogP contribution in [0.2, 0.25) is 0 Å². The van der Waals surface area contributed by atoms with E-state index < -0.39 is 0 Å². The Balaban J connectivity index is 0. The van der Waals surface area contributed by atoms with Crippen molar-refractivity contribution in [3.63, 3.8) is 0 Å². The van der Waals surface area contributed by atoms with Crippen molar-refractivity contribution >= 4 is 29.9 Å². The minimum atomic E-state index is -0.0374. The van der Waals surface area contributed by atoms with Gasteiger partial charge >= 0.3 is 0 Å². The fraction of sp³-hybridized carbons (Fsp3) is 0.917. The van der Waals surface area contributed by atoms with Gasteiger partial charge in [0.15, 0.2) is 5.96 Å². The Bertz CT molecular complexity index is 234. The molecule has 0 aromatic rings. The average Bonchev–Trinajstić information content (AvgIpc) is 2.09. The number of nitrogens with two attached hydrogens (primary N) is 1. The van der Waals surface area contributed by atoms with Crippen molar-refractivity contribution in [2.45, 2.75) is 46.6 Å². The van der Waals surface area contributed by atoms with Gasteiger partial charge in [-0.05, 0) is 32.6 Å². The molecule has 3 N–H and O–H groups in total. The molecule has 0 aromatic carbocycles. The lowest BCUT2D eigenvalue weighted by Crippen LogP contribution is -2.45. The number of rotatable bonds is 5. The van der Waals surface area contributed by atoms with Crippen LogP contribution < -0.4 is 11.1 Å². The predicted octanol–water partition coefficient (Wildman–Crippen LogP) is 2.37. The molecule has 104 valence electrons. The molecule has 0 saturated carbocycles. The second kappa shape index (κ2) is 8.13. The molecule has 0 saturated heterocycles. The van der Waals surface area contributed by atoms with Crippen LogP contribution in [0.4, 0.5) is 0 Å². The first-order valence-electron chi connectivity index (χ1n) is 5.73. The average molecular weight is 357 g/mol. The molecule has 0 radical (unpaired) electrons. The number of methoxy groups -OCH3 is 1. The van der Waals surface area contributed by atoms with E-state index in [1.165, 1.54) is 0 Å². The van der Waals surface area contributed by atoms with Crippen LogP contribution in [0.5, 0.6) is 0 Å². The van der Waals surface area contributed by atoms with Gasteiger partial charge in [-0.3, -0.25) is 4.99 Å². The van der Waals surface area contributed by atoms with Crippen LogP contribution in [0.1, 0.15) is 41.0 Å². The molecule has 17 heavy (non-hydrogen) atoms. The summed E-state index contributed by atoms with van der Waals surface area (Å²) in [5, 5.41) is 3.14. The van der Waals surface area contributed by atoms with E-state index in [0.29, 0.717) is 12.5 Å². The third-order valence-electron chi connectivity index (χ3n) is 2.16. The van der Waals surface area contributed by atoms with Gasteiger partial charge in [0.1, 0.15) is 0 Å². The number of aliphatic imine (C=N–C) groups is 1. The summed E-state index contributed by atoms with van der Waals surface area (Å²) >= 11 is 0. The number of ether oxygens (including phenoxy) is 1. The van der Waals surface area contributed by atoms with E-state index in [4.69, 9.17) is 10.5 Å². The lowest BCUT2D eigenvalue weighted by atomic mass is 9.90. The highest BCUT2D eigenvalue weighted by atomic mass is 127. The van der Waals surface area contributed by atoms with E-state index in [1.54, 1.807) is 7.11 Å². The van der Waals surface area contributed by atoms with Crippen LogP contribution in [0.3, 0.4) is 0 Å². The first-order chi connectivity index (χ1) is 7.16. The molecule has 0 aliphatic rings. The standard InChI is InChI=1S/C12H27N3O.HI/c1-11(2,3)15-10(13)14-9-12(4,5)7-8-16-6;/h7-9H2,1-6H3,(H3,13,14,15);1H. The van der Waals surface area contributed by atoms with Crippen LogP contribution in [0, 0.1) is 5.41 Å². The van der Waals surface area contributed by atoms with Crippen molar-refractivity contribution in [3.05, 3.63) is 0 Å². The smallest absolute Gasteiger partial charge is 0.189 e. The van der Waals surface area contributed by atoms with E-state index in [2.05, 4.69) is 44.9 Å². The van der Waals surface area contributed by atoms with Gasteiger partial charge in [0, 0.05) is 25.8 Å². The Morgan fingerprint density at radius 3 is 2.18 bits per heavy atom. The molecule has 0 rings (SSSR count). The van der Waals surface area contributed by atoms with Gasteiger partial charge in [-0.2, -0.15) is 0 Å². The maximum Gasteiger partial charge on any atom is 0.189 e. The molecule has 0 fully saturated rings. The van der Waals surface area contributed by atoms with Gasteiger partial charge < -0.3 is 15.8 Å². The third-order valence-corrected chi connectivity index (χ3v) is 2.16. The SMILES string of the molecule is COCCC(C)(C)CN=C(N)NC(C)(C)C.I. The van der Waals surface area contributed by atoms with E-state index in [0.717, 1.165) is 13.0 Å². The van der Waals surface area contributed by atoms with Crippen LogP contribution >= 0.6 is 24.0 Å². The summed E-state index contributed by atoms with van der Waals surface area (Å²) in [6.45, 7) is 12.0. The Morgan fingerprint density at radius 2 is 1.76 bits per heavy atom. The molecule has 0 bridgehead atoms. The quantitative estimate of drug-likeness (QED) is 0.451. The van der Waals surface area contributed by atoms with Gasteiger partial charge in [-0.1, -0.05) is 13.8 Å². The Kier molecular flexibility index (Phi) is 9.23. The maximum absolute atomic E-state index is 5.80. The topological polar surface area (TPSA) is 59.6 Å². The van der Waals surface area contributed by atoms with Gasteiger partial charge in [0.25, 0.3) is 0 Å². The van der Waals surface area contributed by atoms with Crippen molar-refractivity contribution in [2.75, 3.05) is 20.3 Å². The summed E-state index contributed by atoms with van der Waals surface area (Å²) in [5.74, 6) is 0.512. The minimum Gasteiger partial charge on any atom is -0.385 e. The van der Waals surface area contributed by atoms with Crippen molar-refractivity contribution in [1.82, 2.24) is 5.32 Å². The van der Waals surface area contributed by atoms with Gasteiger partial charge in [0.05, 0.1) is 0 Å². The number of hydrogen-bond acceptors (Lipinski definition) is 2. The summed E-state index contributed by atoms with van der Waals surface area (Å²) < 4.78 is 5.07. The number of halogens is 1. The Labute approximate surface area is 123 Å². The van der Waals surface area contributed by atoms with Crippen molar-refractivity contribution in [2.24, 2.45) is 16.1 Å². The lowest BCUT2D eigenvalue weighted by molar-refractivity contribution is 0.155. The van der Waals surface area contributed by atoms with Crippen molar-refractivity contribution < 1.29 is 4.74 Å². The molecule has 0 aliphatic carbocycles. The summed E-state index contributed by atoms with van der Waals surface area (Å²) in [5.41, 5.74) is 5.89. The maximum atomic E-state index is 5.80. The predicted molar refractivity (Wildman–Crippen MR) is 85.1 cm³/mol. The zero-order valence-corrected chi connectivity index (χ0v) is 14.3. The highest BCUT2D eigenvalue weighted by Crippen LogP contribution is 2.20. The first kappa shape index (κ1) is 19.3. The third kappa shape index (κ3) is 12.2. The number of nitrogens with one attached hydrogen (secondary N) is 1. The van der Waals surface area contributed by atoms with Crippen LogP contribution in [-0.2, 0) is 4.74 Å². The van der Waals surface area contributed by atoms with Crippen LogP contribution in [-0.4, -0.2) is 31.8 Å². The normalized spacial score (nSPS) is 13.2. The molecule has 0 aromatic heterocycles. The number of guanidine groups is 1. The van der Waals surface area contributed by atoms with Crippen LogP contribution in [0.15, 0.2) is 4.99 Å². The molecule has 0 unspecified atom stereocenters. The summed E-state index contributed by atoms with van der Waals surface area (Å²) in [7, 11) is 1.72. The number of nitrogens with zero attached hydrogens (tertiary/aromatic N) is 1. The van der Waals surface area contributed by atoms with Gasteiger partial charge in [0.2, 0.25) is 0 Å². The first-order valence-corrected chi connectivity index (χ1v) is 5.73. The lowest BCUT2D eigenvalue weighted by Gasteiger charge is -2.24. The molecule has 4 nitrogen and oxygen atoms in total. The summed E-state index contributed by atoms with van der Waals surface area (Å²) in [6, 6.07) is 0. The molecule has 0 atom stereocenters. The fourth-order valence-corrected chi connectivity index (χ4v) is 1.18. The van der Waals surface area contributed by atoms with E-state index in [1.807, 2.05) is 0 Å². The monoisotopic (exact) mass is 357 g/mol. The van der Waals surface area contributed by atoms with E-state index >= 15 is 0 Å². The largest absolute Gasteiger partial charge is 0.385 e. The molecular weight excluding hydrogens is 329 g/mol. The molecule has 5 heteroatoms. The van der Waals surface area contributed by atoms with E-state index in [9.17, 15) is 0 Å². The summed E-state index contributed by atoms with van der Waals surface area (Å²) in [4.78, 5) is 4.36. The molecule has 0 amide bonds. The molecular formula is C12H28IN3O. The Morgan fingerprint density at radius 1 is 1.24 bits per heavy atom.